The van der Waals surface area contributed by atoms with Crippen LogP contribution >= 0.6 is 11.8 Å². The van der Waals surface area contributed by atoms with Crippen molar-refractivity contribution in [3.63, 3.8) is 0 Å². The number of ether oxygens (including phenoxy) is 1. The zero-order valence-electron chi connectivity index (χ0n) is 15.6. The van der Waals surface area contributed by atoms with E-state index in [-0.39, 0.29) is 23.9 Å². The average Bonchev–Trinajstić information content (AvgIpc) is 2.68. The average molecular weight is 382 g/mol. The van der Waals surface area contributed by atoms with Gasteiger partial charge in [0.2, 0.25) is 0 Å². The molecule has 3 rings (SSSR count). The summed E-state index contributed by atoms with van der Waals surface area (Å²) >= 11 is 1.39. The second-order valence-corrected chi connectivity index (χ2v) is 7.50. The molecule has 27 heavy (non-hydrogen) atoms. The van der Waals surface area contributed by atoms with E-state index in [9.17, 15) is 9.59 Å². The van der Waals surface area contributed by atoms with Crippen molar-refractivity contribution < 1.29 is 9.53 Å². The Balaban J connectivity index is 2.17. The molecule has 0 aliphatic rings. The fourth-order valence-corrected chi connectivity index (χ4v) is 3.85. The van der Waals surface area contributed by atoms with Gasteiger partial charge in [-0.2, -0.15) is 0 Å². The van der Waals surface area contributed by atoms with E-state index >= 15 is 0 Å². The maximum Gasteiger partial charge on any atom is 0.306 e. The third kappa shape index (κ3) is 4.06. The number of hydrogen-bond donors (Lipinski definition) is 0. The van der Waals surface area contributed by atoms with Crippen molar-refractivity contribution >= 4 is 28.6 Å². The Hall–Kier alpha value is -2.60. The quantitative estimate of drug-likeness (QED) is 0.364. The molecule has 0 bridgehead atoms. The Morgan fingerprint density at radius 3 is 2.59 bits per heavy atom. The van der Waals surface area contributed by atoms with E-state index in [1.54, 1.807) is 10.6 Å². The molecule has 1 heterocycles. The van der Waals surface area contributed by atoms with Gasteiger partial charge in [-0.05, 0) is 29.7 Å². The molecule has 0 radical (unpaired) electrons. The van der Waals surface area contributed by atoms with Crippen LogP contribution < -0.4 is 5.56 Å². The Kier molecular flexibility index (Phi) is 5.96. The number of carbonyl (C=O) groups is 1. The first-order valence-electron chi connectivity index (χ1n) is 8.83. The Morgan fingerprint density at radius 2 is 1.85 bits per heavy atom. The van der Waals surface area contributed by atoms with E-state index in [0.717, 1.165) is 11.3 Å². The van der Waals surface area contributed by atoms with Gasteiger partial charge in [0.25, 0.3) is 5.56 Å². The summed E-state index contributed by atoms with van der Waals surface area (Å²) in [6.45, 7) is 4.20. The summed E-state index contributed by atoms with van der Waals surface area (Å²) in [4.78, 5) is 29.5. The second kappa shape index (κ2) is 8.39. The minimum Gasteiger partial charge on any atom is -0.469 e. The predicted molar refractivity (Wildman–Crippen MR) is 109 cm³/mol. The number of methoxy groups -OCH3 is 1. The third-order valence-electron chi connectivity index (χ3n) is 4.31. The first-order valence-corrected chi connectivity index (χ1v) is 9.82. The molecule has 6 heteroatoms. The van der Waals surface area contributed by atoms with Crippen LogP contribution in [0.3, 0.4) is 0 Å². The van der Waals surface area contributed by atoms with Crippen LogP contribution in [0.4, 0.5) is 0 Å². The van der Waals surface area contributed by atoms with Crippen LogP contribution in [0.2, 0.25) is 0 Å². The molecule has 1 aromatic heterocycles. The van der Waals surface area contributed by atoms with Crippen LogP contribution in [-0.4, -0.2) is 28.4 Å². The molecule has 0 spiro atoms. The summed E-state index contributed by atoms with van der Waals surface area (Å²) in [5, 5.41) is 1.16. The molecule has 0 unspecified atom stereocenters. The lowest BCUT2D eigenvalue weighted by Gasteiger charge is -2.18. The van der Waals surface area contributed by atoms with E-state index in [1.165, 1.54) is 18.9 Å². The number of rotatable bonds is 6. The SMILES string of the molecule is COC(=O)CCSc1nc2ccccc2c(=O)n1-c1ccccc1C(C)C. The zero-order chi connectivity index (χ0) is 19.4. The molecular formula is C21H22N2O3S. The first kappa shape index (κ1) is 19.2. The van der Waals surface area contributed by atoms with Crippen LogP contribution in [0, 0.1) is 0 Å². The van der Waals surface area contributed by atoms with Crippen LogP contribution in [0.25, 0.3) is 16.6 Å². The zero-order valence-corrected chi connectivity index (χ0v) is 16.5. The summed E-state index contributed by atoms with van der Waals surface area (Å²) in [5.74, 6) is 0.466. The van der Waals surface area contributed by atoms with Gasteiger partial charge in [-0.3, -0.25) is 14.2 Å². The topological polar surface area (TPSA) is 61.2 Å². The minimum absolute atomic E-state index is 0.103. The number of para-hydroxylation sites is 2. The lowest BCUT2D eigenvalue weighted by molar-refractivity contribution is -0.140. The van der Waals surface area contributed by atoms with E-state index < -0.39 is 0 Å². The van der Waals surface area contributed by atoms with Gasteiger partial charge in [-0.25, -0.2) is 4.98 Å². The Bertz CT molecular complexity index is 1030. The summed E-state index contributed by atoms with van der Waals surface area (Å²) in [5.41, 5.74) is 2.46. The van der Waals surface area contributed by atoms with Gasteiger partial charge < -0.3 is 4.74 Å². The Morgan fingerprint density at radius 1 is 1.15 bits per heavy atom. The largest absolute Gasteiger partial charge is 0.469 e. The van der Waals surface area contributed by atoms with Gasteiger partial charge in [0.15, 0.2) is 5.16 Å². The highest BCUT2D eigenvalue weighted by atomic mass is 32.2. The molecule has 0 atom stereocenters. The van der Waals surface area contributed by atoms with Gasteiger partial charge in [-0.1, -0.05) is 55.9 Å². The molecule has 5 nitrogen and oxygen atoms in total. The van der Waals surface area contributed by atoms with Crippen molar-refractivity contribution in [1.82, 2.24) is 9.55 Å². The number of fused-ring (bicyclic) bond motifs is 1. The lowest BCUT2D eigenvalue weighted by Crippen LogP contribution is -2.23. The van der Waals surface area contributed by atoms with E-state index in [1.807, 2.05) is 42.5 Å². The summed E-state index contributed by atoms with van der Waals surface area (Å²) in [6, 6.07) is 15.2. The van der Waals surface area contributed by atoms with Crippen molar-refractivity contribution in [3.05, 3.63) is 64.4 Å². The number of aromatic nitrogens is 2. The van der Waals surface area contributed by atoms with E-state index in [4.69, 9.17) is 9.72 Å². The van der Waals surface area contributed by atoms with Crippen LogP contribution in [0.15, 0.2) is 58.5 Å². The van der Waals surface area contributed by atoms with Crippen LogP contribution in [0.5, 0.6) is 0 Å². The Labute approximate surface area is 162 Å². The number of thioether (sulfide) groups is 1. The van der Waals surface area contributed by atoms with Crippen molar-refractivity contribution in [2.24, 2.45) is 0 Å². The smallest absolute Gasteiger partial charge is 0.306 e. The molecule has 0 aliphatic heterocycles. The fourth-order valence-electron chi connectivity index (χ4n) is 2.93. The molecule has 3 aromatic rings. The maximum absolute atomic E-state index is 13.3. The summed E-state index contributed by atoms with van der Waals surface area (Å²) in [7, 11) is 1.37. The van der Waals surface area contributed by atoms with Crippen LogP contribution in [-0.2, 0) is 9.53 Å². The van der Waals surface area contributed by atoms with Crippen LogP contribution in [0.1, 0.15) is 31.7 Å². The molecule has 2 aromatic carbocycles. The lowest BCUT2D eigenvalue weighted by atomic mass is 10.0. The normalized spacial score (nSPS) is 11.1. The molecule has 0 N–H and O–H groups in total. The van der Waals surface area contributed by atoms with Crippen molar-refractivity contribution in [1.29, 1.82) is 0 Å². The summed E-state index contributed by atoms with van der Waals surface area (Å²) < 4.78 is 6.37. The highest BCUT2D eigenvalue weighted by Gasteiger charge is 2.17. The predicted octanol–water partition coefficient (Wildman–Crippen LogP) is 4.16. The molecular weight excluding hydrogens is 360 g/mol. The highest BCUT2D eigenvalue weighted by Crippen LogP contribution is 2.27. The molecule has 140 valence electrons. The molecule has 0 fully saturated rings. The first-order chi connectivity index (χ1) is 13.0. The maximum atomic E-state index is 13.3. The van der Waals surface area contributed by atoms with Crippen molar-refractivity contribution in [2.45, 2.75) is 31.3 Å². The van der Waals surface area contributed by atoms with Crippen molar-refractivity contribution in [2.75, 3.05) is 12.9 Å². The standard InChI is InChI=1S/C21H22N2O3S/c1-14(2)15-8-5-7-11-18(15)23-20(25)16-9-4-6-10-17(16)22-21(23)27-13-12-19(24)26-3/h4-11,14H,12-13H2,1-3H3. The number of nitrogens with zero attached hydrogens (tertiary/aromatic N) is 2. The van der Waals surface area contributed by atoms with Gasteiger partial charge in [0.1, 0.15) is 0 Å². The van der Waals surface area contributed by atoms with Gasteiger partial charge in [-0.15, -0.1) is 0 Å². The van der Waals surface area contributed by atoms with E-state index in [2.05, 4.69) is 13.8 Å². The monoisotopic (exact) mass is 382 g/mol. The molecule has 0 saturated heterocycles. The fraction of sp³-hybridized carbons (Fsp3) is 0.286. The number of carbonyl (C=O) groups excluding carboxylic acids is 1. The van der Waals surface area contributed by atoms with Gasteiger partial charge in [0.05, 0.1) is 30.1 Å². The molecule has 0 amide bonds. The number of benzene rings is 2. The number of esters is 1. The van der Waals surface area contributed by atoms with Gasteiger partial charge >= 0.3 is 5.97 Å². The minimum atomic E-state index is -0.278. The van der Waals surface area contributed by atoms with Crippen molar-refractivity contribution in [3.8, 4) is 5.69 Å². The highest BCUT2D eigenvalue weighted by molar-refractivity contribution is 7.99. The second-order valence-electron chi connectivity index (χ2n) is 6.44. The third-order valence-corrected chi connectivity index (χ3v) is 5.25. The van der Waals surface area contributed by atoms with E-state index in [0.29, 0.717) is 21.8 Å². The molecule has 0 aliphatic carbocycles. The summed E-state index contributed by atoms with van der Waals surface area (Å²) in [6.07, 6.45) is 0.260. The molecule has 0 saturated carbocycles. The van der Waals surface area contributed by atoms with Gasteiger partial charge in [0, 0.05) is 5.75 Å². The number of hydrogen-bond acceptors (Lipinski definition) is 5.